The van der Waals surface area contributed by atoms with Gasteiger partial charge in [0.15, 0.2) is 12.2 Å². The topological polar surface area (TPSA) is 237 Å². The van der Waals surface area contributed by atoms with Crippen LogP contribution in [0.15, 0.2) is 0 Å². The Morgan fingerprint density at radius 2 is 0.479 bits per heavy atom. The number of unbranched alkanes of at least 4 members (excludes halogenated alkanes) is 49. The standard InChI is InChI=1S/C77H150O17P2/c1-6-9-12-15-18-21-24-26-28-30-32-34-36-39-42-47-53-58-63-77(82)93-72(66-87-74(79)60-55-50-45-40-38-35-33-31-29-27-25-22-19-16-13-10-7-2)68-91-95(83,84)89-64-71(78)65-90-96(85,86)92-69-73(67-88-75(80)61-56-51-48-43-44-49-54-59-70(4)5)94-76(81)62-57-52-46-41-37-23-20-17-14-11-8-3/h70-73,78H,6-69H2,1-5H3,(H,83,84)(H,85,86)/t71-,72-,73-/m1/s1. The summed E-state index contributed by atoms with van der Waals surface area (Å²) in [5.74, 6) is -1.41. The van der Waals surface area contributed by atoms with Crippen molar-refractivity contribution < 1.29 is 80.2 Å². The lowest BCUT2D eigenvalue weighted by Crippen LogP contribution is -2.30. The van der Waals surface area contributed by atoms with E-state index >= 15 is 0 Å². The van der Waals surface area contributed by atoms with Crippen LogP contribution in [0, 0.1) is 5.92 Å². The summed E-state index contributed by atoms with van der Waals surface area (Å²) in [6.07, 6.45) is 59.7. The Balaban J connectivity index is 5.22. The minimum atomic E-state index is -4.96. The molecule has 5 atom stereocenters. The van der Waals surface area contributed by atoms with Gasteiger partial charge in [0.05, 0.1) is 26.4 Å². The van der Waals surface area contributed by atoms with Crippen LogP contribution >= 0.6 is 15.6 Å². The van der Waals surface area contributed by atoms with E-state index in [4.69, 9.17) is 37.0 Å². The number of phosphoric acid groups is 2. The molecule has 17 nitrogen and oxygen atoms in total. The number of aliphatic hydroxyl groups is 1. The van der Waals surface area contributed by atoms with Crippen molar-refractivity contribution in [3.05, 3.63) is 0 Å². The number of hydrogen-bond donors (Lipinski definition) is 3. The number of aliphatic hydroxyl groups excluding tert-OH is 1. The van der Waals surface area contributed by atoms with Gasteiger partial charge in [0.2, 0.25) is 0 Å². The zero-order valence-corrected chi connectivity index (χ0v) is 64.3. The van der Waals surface area contributed by atoms with Gasteiger partial charge in [-0.05, 0) is 31.6 Å². The summed E-state index contributed by atoms with van der Waals surface area (Å²) in [6, 6.07) is 0. The highest BCUT2D eigenvalue weighted by atomic mass is 31.2. The molecule has 3 N–H and O–H groups in total. The molecule has 0 aromatic rings. The summed E-state index contributed by atoms with van der Waals surface area (Å²) in [5, 5.41) is 10.6. The number of phosphoric ester groups is 2. The fourth-order valence-corrected chi connectivity index (χ4v) is 13.5. The lowest BCUT2D eigenvalue weighted by Gasteiger charge is -2.21. The highest BCUT2D eigenvalue weighted by Crippen LogP contribution is 2.45. The van der Waals surface area contributed by atoms with Crippen molar-refractivity contribution in [2.45, 2.75) is 425 Å². The zero-order chi connectivity index (χ0) is 70.5. The summed E-state index contributed by atoms with van der Waals surface area (Å²) in [4.78, 5) is 72.8. The molecule has 0 aromatic carbocycles. The largest absolute Gasteiger partial charge is 0.472 e. The van der Waals surface area contributed by atoms with Crippen LogP contribution < -0.4 is 0 Å². The molecule has 0 aliphatic carbocycles. The van der Waals surface area contributed by atoms with Crippen molar-refractivity contribution in [1.82, 2.24) is 0 Å². The van der Waals surface area contributed by atoms with Crippen molar-refractivity contribution in [3.63, 3.8) is 0 Å². The van der Waals surface area contributed by atoms with Gasteiger partial charge in [0.25, 0.3) is 0 Å². The minimum absolute atomic E-state index is 0.107. The molecular weight excluding hydrogens is 1260 g/mol. The van der Waals surface area contributed by atoms with Crippen molar-refractivity contribution in [1.29, 1.82) is 0 Å². The molecule has 570 valence electrons. The van der Waals surface area contributed by atoms with Gasteiger partial charge in [-0.15, -0.1) is 0 Å². The predicted octanol–water partition coefficient (Wildman–Crippen LogP) is 22.9. The molecule has 19 heteroatoms. The summed E-state index contributed by atoms with van der Waals surface area (Å²) < 4.78 is 68.5. The molecule has 0 saturated heterocycles. The van der Waals surface area contributed by atoms with Gasteiger partial charge in [-0.25, -0.2) is 9.13 Å². The van der Waals surface area contributed by atoms with E-state index < -0.39 is 97.5 Å². The first-order chi connectivity index (χ1) is 46.5. The third-order valence-corrected chi connectivity index (χ3v) is 19.9. The van der Waals surface area contributed by atoms with E-state index in [1.807, 2.05) is 0 Å². The van der Waals surface area contributed by atoms with E-state index in [1.165, 1.54) is 225 Å². The van der Waals surface area contributed by atoms with E-state index in [2.05, 4.69) is 34.6 Å². The zero-order valence-electron chi connectivity index (χ0n) is 62.5. The maximum absolute atomic E-state index is 13.1. The van der Waals surface area contributed by atoms with Gasteiger partial charge in [-0.1, -0.05) is 356 Å². The molecule has 0 heterocycles. The average Bonchev–Trinajstić information content (AvgIpc) is 2.01. The molecule has 2 unspecified atom stereocenters. The van der Waals surface area contributed by atoms with Gasteiger partial charge < -0.3 is 33.8 Å². The Morgan fingerprint density at radius 3 is 0.708 bits per heavy atom. The van der Waals surface area contributed by atoms with Crippen LogP contribution in [-0.4, -0.2) is 96.7 Å². The fraction of sp³-hybridized carbons (Fsp3) is 0.948. The maximum atomic E-state index is 13.1. The Bertz CT molecular complexity index is 1840. The molecular formula is C77H150O17P2. The first kappa shape index (κ1) is 94.1. The first-order valence-corrected chi connectivity index (χ1v) is 43.1. The lowest BCUT2D eigenvalue weighted by molar-refractivity contribution is -0.161. The van der Waals surface area contributed by atoms with Gasteiger partial charge in [-0.3, -0.25) is 37.3 Å². The molecule has 0 aliphatic heterocycles. The van der Waals surface area contributed by atoms with E-state index in [-0.39, 0.29) is 25.7 Å². The first-order valence-electron chi connectivity index (χ1n) is 40.1. The Hall–Kier alpha value is -1.94. The normalized spacial score (nSPS) is 13.9. The average molecular weight is 1410 g/mol. The predicted molar refractivity (Wildman–Crippen MR) is 391 cm³/mol. The molecule has 0 spiro atoms. The second kappa shape index (κ2) is 70.1. The van der Waals surface area contributed by atoms with Gasteiger partial charge >= 0.3 is 39.5 Å². The Kier molecular flexibility index (Phi) is 68.7. The number of hydrogen-bond acceptors (Lipinski definition) is 15. The molecule has 0 aromatic heterocycles. The van der Waals surface area contributed by atoms with E-state index in [9.17, 15) is 43.2 Å². The van der Waals surface area contributed by atoms with Crippen LogP contribution in [0.4, 0.5) is 0 Å². The smallest absolute Gasteiger partial charge is 0.462 e. The third kappa shape index (κ3) is 70.5. The van der Waals surface area contributed by atoms with Crippen LogP contribution in [-0.2, 0) is 65.4 Å². The molecule has 0 radical (unpaired) electrons. The number of carbonyl (C=O) groups excluding carboxylic acids is 4. The summed E-state index contributed by atoms with van der Waals surface area (Å²) in [5.41, 5.74) is 0. The maximum Gasteiger partial charge on any atom is 0.472 e. The number of ether oxygens (including phenoxy) is 4. The quantitative estimate of drug-likeness (QED) is 0.0222. The highest BCUT2D eigenvalue weighted by molar-refractivity contribution is 7.47. The van der Waals surface area contributed by atoms with Gasteiger partial charge in [-0.2, -0.15) is 0 Å². The third-order valence-electron chi connectivity index (χ3n) is 18.0. The van der Waals surface area contributed by atoms with Crippen molar-refractivity contribution in [2.75, 3.05) is 39.6 Å². The molecule has 0 rings (SSSR count). The number of rotatable bonds is 77. The summed E-state index contributed by atoms with van der Waals surface area (Å²) in [7, 11) is -9.91. The molecule has 0 amide bonds. The summed E-state index contributed by atoms with van der Waals surface area (Å²) in [6.45, 7) is 7.24. The van der Waals surface area contributed by atoms with E-state index in [1.54, 1.807) is 0 Å². The second-order valence-corrected chi connectivity index (χ2v) is 31.1. The lowest BCUT2D eigenvalue weighted by atomic mass is 10.0. The fourth-order valence-electron chi connectivity index (χ4n) is 11.9. The molecule has 0 saturated carbocycles. The Morgan fingerprint density at radius 1 is 0.281 bits per heavy atom. The number of carbonyl (C=O) groups is 4. The molecule has 96 heavy (non-hydrogen) atoms. The van der Waals surface area contributed by atoms with Crippen molar-refractivity contribution in [2.24, 2.45) is 5.92 Å². The minimum Gasteiger partial charge on any atom is -0.462 e. The van der Waals surface area contributed by atoms with Crippen LogP contribution in [0.25, 0.3) is 0 Å². The van der Waals surface area contributed by atoms with Gasteiger partial charge in [0, 0.05) is 25.7 Å². The highest BCUT2D eigenvalue weighted by Gasteiger charge is 2.30. The number of esters is 4. The van der Waals surface area contributed by atoms with Crippen molar-refractivity contribution >= 4 is 39.5 Å². The van der Waals surface area contributed by atoms with E-state index in [0.29, 0.717) is 31.6 Å². The molecule has 0 fully saturated rings. The van der Waals surface area contributed by atoms with Crippen LogP contribution in [0.5, 0.6) is 0 Å². The SMILES string of the molecule is CCCCCCCCCCCCCCCCCCCCC(=O)O[C@H](COC(=O)CCCCCCCCCCCCCCCCCCC)COP(=O)(O)OC[C@@H](O)COP(=O)(O)OC[C@@H](COC(=O)CCCCCCCCCC(C)C)OC(=O)CCCCCCCCCCCCC. The molecule has 0 bridgehead atoms. The molecule has 0 aliphatic rings. The van der Waals surface area contributed by atoms with Crippen molar-refractivity contribution in [3.8, 4) is 0 Å². The Labute approximate surface area is 588 Å². The summed E-state index contributed by atoms with van der Waals surface area (Å²) >= 11 is 0. The van der Waals surface area contributed by atoms with Crippen LogP contribution in [0.3, 0.4) is 0 Å². The monoisotopic (exact) mass is 1410 g/mol. The van der Waals surface area contributed by atoms with Crippen LogP contribution in [0.1, 0.15) is 407 Å². The van der Waals surface area contributed by atoms with Gasteiger partial charge in [0.1, 0.15) is 19.3 Å². The van der Waals surface area contributed by atoms with Crippen LogP contribution in [0.2, 0.25) is 0 Å². The van der Waals surface area contributed by atoms with E-state index in [0.717, 1.165) is 96.3 Å². The second-order valence-electron chi connectivity index (χ2n) is 28.2.